The highest BCUT2D eigenvalue weighted by Crippen LogP contribution is 2.33. The third kappa shape index (κ3) is 17.9. The van der Waals surface area contributed by atoms with E-state index in [1.54, 1.807) is 0 Å². The lowest BCUT2D eigenvalue weighted by Crippen LogP contribution is -2.57. The fourth-order valence-corrected chi connectivity index (χ4v) is 7.55. The van der Waals surface area contributed by atoms with Gasteiger partial charge >= 0.3 is 6.03 Å². The summed E-state index contributed by atoms with van der Waals surface area (Å²) in [5.41, 5.74) is 6.78. The molecule has 2 fully saturated rings. The molecule has 0 spiro atoms. The summed E-state index contributed by atoms with van der Waals surface area (Å²) in [6.45, 7) is -3.12. The number of rotatable bonds is 28. The molecule has 0 radical (unpaired) electrons. The normalized spacial score (nSPS) is 18.9. The number of hydrogen-bond acceptors (Lipinski definition) is 14. The maximum absolute atomic E-state index is 12.7. The predicted octanol–water partition coefficient (Wildman–Crippen LogP) is -5.56. The number of amides is 10. The number of fused-ring (bicyclic) bond motifs is 1. The number of primary amides is 1. The smallest absolute Gasteiger partial charge is 0.315 e. The molecule has 0 aromatic rings. The Morgan fingerprint density at radius 2 is 1.40 bits per heavy atom. The fraction of sp³-hybridized carbons (Fsp3) is 0.727. The number of hydrogen-bond donors (Lipinski definition) is 14. The third-order valence-corrected chi connectivity index (χ3v) is 10.6. The third-order valence-electron chi connectivity index (χ3n) is 9.14. The highest BCUT2D eigenvalue weighted by atomic mass is 32.2. The van der Waals surface area contributed by atoms with E-state index in [9.17, 15) is 53.4 Å². The molecule has 7 atom stereocenters. The van der Waals surface area contributed by atoms with Crippen LogP contribution in [0.1, 0.15) is 64.2 Å². The SMILES string of the molecule is NC(=O)[C@H](CCCCNC(=O)CCCC[C@@H]1SC[C@@H]2NC(=O)N[C@@H]21)NC(=O)CNC(=O)CNC(=O)[C@H](CO)NC(=O)[C@H](CO)NC(=O)C(CCCO)CC(=O)NO. The molecule has 57 heavy (non-hydrogen) atoms. The lowest BCUT2D eigenvalue weighted by atomic mass is 9.97. The van der Waals surface area contributed by atoms with Crippen LogP contribution in [0.5, 0.6) is 0 Å². The number of aliphatic hydroxyl groups excluding tert-OH is 3. The van der Waals surface area contributed by atoms with E-state index < -0.39 is 98.1 Å². The molecule has 24 heteroatoms. The Hall–Kier alpha value is -4.78. The topological polar surface area (TPSA) is 369 Å². The van der Waals surface area contributed by atoms with Crippen LogP contribution in [0.4, 0.5) is 4.79 Å². The molecule has 0 saturated carbocycles. The van der Waals surface area contributed by atoms with E-state index >= 15 is 0 Å². The van der Waals surface area contributed by atoms with Crippen molar-refractivity contribution >= 4 is 65.1 Å². The standard InChI is InChI=1S/C33H56N10O13S/c34-29(51)19(7-3-4-10-35-24(47)9-2-1-8-23-28-22(17-57-23)41-33(55)42-28)38-27(50)14-36-26(49)13-37-31(53)20(15-45)40-32(54)21(16-46)39-30(52)18(6-5-11-44)12-25(48)43-56/h18-23,28,44-46,56H,1-17H2,(H2,34,51)(H,35,47)(H,36,49)(H,37,53)(H,38,50)(H,39,52)(H,40,54)(H,43,48)(H2,41,42,55)/t18?,19-,20-,21-,22-,23-,28-/m0/s1. The number of nitrogens with one attached hydrogen (secondary N) is 9. The molecule has 0 aliphatic carbocycles. The Balaban J connectivity index is 1.64. The molecule has 2 saturated heterocycles. The first-order valence-corrected chi connectivity index (χ1v) is 19.7. The largest absolute Gasteiger partial charge is 0.396 e. The van der Waals surface area contributed by atoms with Crippen molar-refractivity contribution in [2.75, 3.05) is 45.2 Å². The number of carbonyl (C=O) groups excluding carboxylic acids is 9. The molecule has 10 amide bonds. The molecule has 2 rings (SSSR count). The summed E-state index contributed by atoms with van der Waals surface area (Å²) in [6.07, 6.45) is 3.58. The number of hydroxylamine groups is 1. The summed E-state index contributed by atoms with van der Waals surface area (Å²) in [4.78, 5) is 110. The van der Waals surface area contributed by atoms with E-state index in [1.165, 1.54) is 5.48 Å². The molecule has 1 unspecified atom stereocenters. The van der Waals surface area contributed by atoms with E-state index in [1.807, 2.05) is 11.8 Å². The fourth-order valence-electron chi connectivity index (χ4n) is 6.01. The van der Waals surface area contributed by atoms with Crippen molar-refractivity contribution < 1.29 is 63.7 Å². The zero-order chi connectivity index (χ0) is 42.3. The summed E-state index contributed by atoms with van der Waals surface area (Å²) in [7, 11) is 0. The second-order valence-electron chi connectivity index (χ2n) is 13.5. The van der Waals surface area contributed by atoms with Crippen molar-refractivity contribution in [3.05, 3.63) is 0 Å². The molecule has 2 heterocycles. The van der Waals surface area contributed by atoms with Crippen LogP contribution in [0.3, 0.4) is 0 Å². The van der Waals surface area contributed by atoms with Gasteiger partial charge in [0.15, 0.2) is 0 Å². The van der Waals surface area contributed by atoms with Gasteiger partial charge in [0, 0.05) is 42.9 Å². The van der Waals surface area contributed by atoms with Gasteiger partial charge in [-0.2, -0.15) is 11.8 Å². The van der Waals surface area contributed by atoms with Gasteiger partial charge in [-0.25, -0.2) is 10.3 Å². The first-order valence-electron chi connectivity index (χ1n) is 18.7. The van der Waals surface area contributed by atoms with Crippen molar-refractivity contribution in [2.45, 2.75) is 99.7 Å². The van der Waals surface area contributed by atoms with Crippen LogP contribution >= 0.6 is 11.8 Å². The summed E-state index contributed by atoms with van der Waals surface area (Å²) >= 11 is 1.82. The molecule has 322 valence electrons. The van der Waals surface area contributed by atoms with Gasteiger partial charge in [0.25, 0.3) is 0 Å². The van der Waals surface area contributed by atoms with Gasteiger partial charge in [0.05, 0.1) is 38.4 Å². The Bertz CT molecular complexity index is 1410. The van der Waals surface area contributed by atoms with Crippen molar-refractivity contribution in [2.24, 2.45) is 11.7 Å². The van der Waals surface area contributed by atoms with Gasteiger partial charge in [0.2, 0.25) is 47.3 Å². The molecule has 23 nitrogen and oxygen atoms in total. The molecular formula is C33H56N10O13S. The average Bonchev–Trinajstić information content (AvgIpc) is 3.75. The molecule has 0 bridgehead atoms. The number of carbonyl (C=O) groups is 9. The van der Waals surface area contributed by atoms with Gasteiger partial charge in [-0.1, -0.05) is 6.42 Å². The molecular weight excluding hydrogens is 776 g/mol. The van der Waals surface area contributed by atoms with E-state index in [-0.39, 0.29) is 49.9 Å². The molecule has 2 aliphatic rings. The summed E-state index contributed by atoms with van der Waals surface area (Å²) in [5, 5.41) is 57.2. The maximum atomic E-state index is 12.7. The van der Waals surface area contributed by atoms with Gasteiger partial charge in [0.1, 0.15) is 18.1 Å². The lowest BCUT2D eigenvalue weighted by Gasteiger charge is -2.23. The number of aliphatic hydroxyl groups is 3. The summed E-state index contributed by atoms with van der Waals surface area (Å²) in [6, 6.07) is -4.15. The minimum absolute atomic E-state index is 0.00105. The second kappa shape index (κ2) is 26.2. The first kappa shape index (κ1) is 48.4. The van der Waals surface area contributed by atoms with Crippen molar-refractivity contribution in [1.29, 1.82) is 0 Å². The molecule has 15 N–H and O–H groups in total. The molecule has 0 aromatic carbocycles. The van der Waals surface area contributed by atoms with Crippen LogP contribution in [0.2, 0.25) is 0 Å². The lowest BCUT2D eigenvalue weighted by molar-refractivity contribution is -0.137. The average molecular weight is 833 g/mol. The Morgan fingerprint density at radius 1 is 0.719 bits per heavy atom. The number of thioether (sulfide) groups is 1. The van der Waals surface area contributed by atoms with Crippen LogP contribution in [0.15, 0.2) is 0 Å². The van der Waals surface area contributed by atoms with Crippen molar-refractivity contribution in [1.82, 2.24) is 48.0 Å². The highest BCUT2D eigenvalue weighted by molar-refractivity contribution is 8.00. The number of nitrogens with two attached hydrogens (primary N) is 1. The van der Waals surface area contributed by atoms with Crippen LogP contribution in [-0.4, -0.2) is 154 Å². The minimum atomic E-state index is -1.63. The van der Waals surface area contributed by atoms with Crippen LogP contribution in [0.25, 0.3) is 0 Å². The van der Waals surface area contributed by atoms with Crippen LogP contribution < -0.4 is 53.7 Å². The Kier molecular flexibility index (Phi) is 22.2. The van der Waals surface area contributed by atoms with E-state index in [0.717, 1.165) is 18.6 Å². The molecule has 2 aliphatic heterocycles. The number of urea groups is 1. The van der Waals surface area contributed by atoms with E-state index in [4.69, 9.17) is 16.0 Å². The quantitative estimate of drug-likeness (QED) is 0.0151. The summed E-state index contributed by atoms with van der Waals surface area (Å²) in [5.74, 6) is -6.62. The van der Waals surface area contributed by atoms with Crippen LogP contribution in [-0.2, 0) is 38.4 Å². The van der Waals surface area contributed by atoms with Gasteiger partial charge in [-0.05, 0) is 44.9 Å². The van der Waals surface area contributed by atoms with Crippen LogP contribution in [0, 0.1) is 5.92 Å². The van der Waals surface area contributed by atoms with Gasteiger partial charge in [-0.3, -0.25) is 43.6 Å². The van der Waals surface area contributed by atoms with Crippen molar-refractivity contribution in [3.8, 4) is 0 Å². The van der Waals surface area contributed by atoms with E-state index in [2.05, 4.69) is 42.5 Å². The zero-order valence-electron chi connectivity index (χ0n) is 31.5. The minimum Gasteiger partial charge on any atom is -0.396 e. The van der Waals surface area contributed by atoms with Gasteiger partial charge < -0.3 is 63.6 Å². The maximum Gasteiger partial charge on any atom is 0.315 e. The van der Waals surface area contributed by atoms with E-state index in [0.29, 0.717) is 37.5 Å². The van der Waals surface area contributed by atoms with Gasteiger partial charge in [-0.15, -0.1) is 0 Å². The predicted molar refractivity (Wildman–Crippen MR) is 200 cm³/mol. The first-order chi connectivity index (χ1) is 27.2. The highest BCUT2D eigenvalue weighted by Gasteiger charge is 2.42. The van der Waals surface area contributed by atoms with Crippen molar-refractivity contribution in [3.63, 3.8) is 0 Å². The number of unbranched alkanes of at least 4 members (excludes halogenated alkanes) is 2. The monoisotopic (exact) mass is 832 g/mol. The summed E-state index contributed by atoms with van der Waals surface area (Å²) < 4.78 is 0. The second-order valence-corrected chi connectivity index (χ2v) is 14.8. The zero-order valence-corrected chi connectivity index (χ0v) is 32.3. The Morgan fingerprint density at radius 3 is 2.07 bits per heavy atom. The Labute approximate surface area is 332 Å². The molecule has 0 aromatic heterocycles.